The third-order valence-corrected chi connectivity index (χ3v) is 4.17. The first kappa shape index (κ1) is 16.1. The first-order valence-corrected chi connectivity index (χ1v) is 8.02. The predicted molar refractivity (Wildman–Crippen MR) is 95.7 cm³/mol. The lowest BCUT2D eigenvalue weighted by atomic mass is 10.1. The fourth-order valence-corrected chi connectivity index (χ4v) is 2.93. The van der Waals surface area contributed by atoms with Crippen LogP contribution < -0.4 is 14.8 Å². The van der Waals surface area contributed by atoms with Crippen molar-refractivity contribution in [2.75, 3.05) is 19.5 Å². The quantitative estimate of drug-likeness (QED) is 0.850. The van der Waals surface area contributed by atoms with Crippen LogP contribution in [0.4, 0.5) is 5.69 Å². The molecule has 0 saturated heterocycles. The molecule has 4 nitrogen and oxygen atoms in total. The van der Waals surface area contributed by atoms with Crippen LogP contribution in [0.15, 0.2) is 42.5 Å². The Balaban J connectivity index is 1.69. The third-order valence-electron chi connectivity index (χ3n) is 4.17. The predicted octanol–water partition coefficient (Wildman–Crippen LogP) is 3.84. The Bertz CT molecular complexity index is 758. The van der Waals surface area contributed by atoms with Crippen LogP contribution in [0.3, 0.4) is 0 Å². The molecule has 1 N–H and O–H groups in total. The van der Waals surface area contributed by atoms with E-state index in [1.165, 1.54) is 23.6 Å². The summed E-state index contributed by atoms with van der Waals surface area (Å²) in [5.74, 6) is 1.22. The van der Waals surface area contributed by atoms with E-state index < -0.39 is 0 Å². The van der Waals surface area contributed by atoms with Crippen LogP contribution in [0, 0.1) is 0 Å². The summed E-state index contributed by atoms with van der Waals surface area (Å²) < 4.78 is 10.5. The average molecular weight is 323 g/mol. The van der Waals surface area contributed by atoms with Gasteiger partial charge in [-0.05, 0) is 66.3 Å². The lowest BCUT2D eigenvalue weighted by molar-refractivity contribution is -0.111. The molecule has 0 aromatic heterocycles. The van der Waals surface area contributed by atoms with E-state index in [1.807, 2.05) is 18.2 Å². The molecule has 0 aliphatic heterocycles. The minimum atomic E-state index is -0.158. The van der Waals surface area contributed by atoms with Crippen molar-refractivity contribution < 1.29 is 14.3 Å². The van der Waals surface area contributed by atoms with Gasteiger partial charge in [0.2, 0.25) is 5.91 Å². The average Bonchev–Trinajstić information content (AvgIpc) is 3.07. The molecule has 0 radical (unpaired) electrons. The SMILES string of the molecule is COc1cc(/C=C/C(=O)Nc2ccc3c(c2)CCC3)cc(OC)c1. The van der Waals surface area contributed by atoms with Gasteiger partial charge in [0.25, 0.3) is 0 Å². The number of rotatable bonds is 5. The largest absolute Gasteiger partial charge is 0.497 e. The van der Waals surface area contributed by atoms with Crippen LogP contribution in [0.25, 0.3) is 6.08 Å². The van der Waals surface area contributed by atoms with Crippen molar-refractivity contribution in [3.8, 4) is 11.5 Å². The number of aryl methyl sites for hydroxylation is 2. The molecule has 2 aromatic rings. The van der Waals surface area contributed by atoms with Crippen molar-refractivity contribution in [3.05, 3.63) is 59.2 Å². The van der Waals surface area contributed by atoms with Crippen LogP contribution in [0.1, 0.15) is 23.1 Å². The van der Waals surface area contributed by atoms with Crippen molar-refractivity contribution in [1.29, 1.82) is 0 Å². The number of fused-ring (bicyclic) bond motifs is 1. The van der Waals surface area contributed by atoms with Crippen molar-refractivity contribution >= 4 is 17.7 Å². The van der Waals surface area contributed by atoms with Gasteiger partial charge in [-0.25, -0.2) is 0 Å². The second-order valence-corrected chi connectivity index (χ2v) is 5.81. The highest BCUT2D eigenvalue weighted by atomic mass is 16.5. The van der Waals surface area contributed by atoms with E-state index in [2.05, 4.69) is 17.4 Å². The van der Waals surface area contributed by atoms with E-state index in [0.29, 0.717) is 11.5 Å². The van der Waals surface area contributed by atoms with Crippen LogP contribution in [0.5, 0.6) is 11.5 Å². The smallest absolute Gasteiger partial charge is 0.248 e. The summed E-state index contributed by atoms with van der Waals surface area (Å²) in [4.78, 5) is 12.1. The molecule has 124 valence electrons. The van der Waals surface area contributed by atoms with Crippen molar-refractivity contribution in [3.63, 3.8) is 0 Å². The summed E-state index contributed by atoms with van der Waals surface area (Å²) in [6, 6.07) is 11.6. The first-order valence-electron chi connectivity index (χ1n) is 8.02. The maximum atomic E-state index is 12.1. The number of hydrogen-bond acceptors (Lipinski definition) is 3. The lowest BCUT2D eigenvalue weighted by Gasteiger charge is -2.06. The van der Waals surface area contributed by atoms with Gasteiger partial charge < -0.3 is 14.8 Å². The number of amides is 1. The highest BCUT2D eigenvalue weighted by Crippen LogP contribution is 2.25. The van der Waals surface area contributed by atoms with Gasteiger partial charge in [-0.15, -0.1) is 0 Å². The Hall–Kier alpha value is -2.75. The van der Waals surface area contributed by atoms with Gasteiger partial charge in [0.1, 0.15) is 11.5 Å². The molecule has 1 aliphatic carbocycles. The Morgan fingerprint density at radius 1 is 1.00 bits per heavy atom. The number of methoxy groups -OCH3 is 2. The maximum Gasteiger partial charge on any atom is 0.248 e. The number of ether oxygens (including phenoxy) is 2. The topological polar surface area (TPSA) is 47.6 Å². The van der Waals surface area contributed by atoms with Crippen LogP contribution >= 0.6 is 0 Å². The normalized spacial score (nSPS) is 12.9. The van der Waals surface area contributed by atoms with Crippen molar-refractivity contribution in [2.24, 2.45) is 0 Å². The minimum Gasteiger partial charge on any atom is -0.497 e. The number of carbonyl (C=O) groups is 1. The van der Waals surface area contributed by atoms with Crippen LogP contribution in [-0.4, -0.2) is 20.1 Å². The highest BCUT2D eigenvalue weighted by molar-refractivity contribution is 6.02. The number of benzene rings is 2. The molecular weight excluding hydrogens is 302 g/mol. The summed E-state index contributed by atoms with van der Waals surface area (Å²) in [5.41, 5.74) is 4.42. The van der Waals surface area contributed by atoms with Crippen LogP contribution in [0.2, 0.25) is 0 Å². The molecule has 2 aromatic carbocycles. The Kier molecular flexibility index (Phi) is 4.85. The van der Waals surface area contributed by atoms with E-state index in [0.717, 1.165) is 24.1 Å². The van der Waals surface area contributed by atoms with Crippen molar-refractivity contribution in [1.82, 2.24) is 0 Å². The zero-order valence-electron chi connectivity index (χ0n) is 14.0. The molecule has 0 fully saturated rings. The number of carbonyl (C=O) groups excluding carboxylic acids is 1. The molecule has 0 bridgehead atoms. The van der Waals surface area contributed by atoms with Gasteiger partial charge in [0.05, 0.1) is 14.2 Å². The molecular formula is C20H21NO3. The van der Waals surface area contributed by atoms with Crippen molar-refractivity contribution in [2.45, 2.75) is 19.3 Å². The fraction of sp³-hybridized carbons (Fsp3) is 0.250. The van der Waals surface area contributed by atoms with E-state index in [4.69, 9.17) is 9.47 Å². The molecule has 0 spiro atoms. The molecule has 0 atom stereocenters. The summed E-state index contributed by atoms with van der Waals surface area (Å²) >= 11 is 0. The number of hydrogen-bond donors (Lipinski definition) is 1. The van der Waals surface area contributed by atoms with Gasteiger partial charge in [-0.2, -0.15) is 0 Å². The second kappa shape index (κ2) is 7.21. The van der Waals surface area contributed by atoms with Gasteiger partial charge >= 0.3 is 0 Å². The minimum absolute atomic E-state index is 0.158. The summed E-state index contributed by atoms with van der Waals surface area (Å²) in [5, 5.41) is 2.91. The molecule has 1 aliphatic rings. The van der Waals surface area contributed by atoms with E-state index >= 15 is 0 Å². The Morgan fingerprint density at radius 2 is 1.71 bits per heavy atom. The maximum absolute atomic E-state index is 12.1. The van der Waals surface area contributed by atoms with Gasteiger partial charge in [-0.3, -0.25) is 4.79 Å². The highest BCUT2D eigenvalue weighted by Gasteiger charge is 2.11. The summed E-state index contributed by atoms with van der Waals surface area (Å²) in [7, 11) is 3.20. The number of nitrogens with one attached hydrogen (secondary N) is 1. The lowest BCUT2D eigenvalue weighted by Crippen LogP contribution is -2.08. The monoisotopic (exact) mass is 323 g/mol. The Labute approximate surface area is 142 Å². The Morgan fingerprint density at radius 3 is 2.42 bits per heavy atom. The molecule has 0 saturated carbocycles. The van der Waals surface area contributed by atoms with E-state index in [1.54, 1.807) is 26.4 Å². The molecule has 3 rings (SSSR count). The van der Waals surface area contributed by atoms with E-state index in [-0.39, 0.29) is 5.91 Å². The third kappa shape index (κ3) is 3.77. The zero-order valence-corrected chi connectivity index (χ0v) is 14.0. The molecule has 24 heavy (non-hydrogen) atoms. The molecule has 0 unspecified atom stereocenters. The summed E-state index contributed by atoms with van der Waals surface area (Å²) in [6.07, 6.45) is 6.69. The van der Waals surface area contributed by atoms with Gasteiger partial charge in [-0.1, -0.05) is 6.07 Å². The molecule has 1 amide bonds. The fourth-order valence-electron chi connectivity index (χ4n) is 2.93. The van der Waals surface area contributed by atoms with Gasteiger partial charge in [0.15, 0.2) is 0 Å². The number of anilines is 1. The van der Waals surface area contributed by atoms with Gasteiger partial charge in [0, 0.05) is 17.8 Å². The van der Waals surface area contributed by atoms with Crippen LogP contribution in [-0.2, 0) is 17.6 Å². The molecule has 0 heterocycles. The first-order chi connectivity index (χ1) is 11.7. The second-order valence-electron chi connectivity index (χ2n) is 5.81. The zero-order chi connectivity index (χ0) is 16.9. The molecule has 4 heteroatoms. The van der Waals surface area contributed by atoms with E-state index in [9.17, 15) is 4.79 Å². The standard InChI is InChI=1S/C20H21NO3/c1-23-18-10-14(11-19(13-18)24-2)6-9-20(22)21-17-8-7-15-4-3-5-16(15)12-17/h6-13H,3-5H2,1-2H3,(H,21,22)/b9-6+. The summed E-state index contributed by atoms with van der Waals surface area (Å²) in [6.45, 7) is 0.